The zero-order valence-corrected chi connectivity index (χ0v) is 13.6. The van der Waals surface area contributed by atoms with E-state index in [1.54, 1.807) is 25.5 Å². The number of amides is 1. The van der Waals surface area contributed by atoms with Gasteiger partial charge < -0.3 is 10.0 Å². The van der Waals surface area contributed by atoms with Crippen molar-refractivity contribution in [3.63, 3.8) is 0 Å². The molecule has 122 valence electrons. The van der Waals surface area contributed by atoms with E-state index in [4.69, 9.17) is 5.11 Å². The van der Waals surface area contributed by atoms with Gasteiger partial charge in [0, 0.05) is 13.1 Å². The fourth-order valence-corrected chi connectivity index (χ4v) is 2.57. The number of aliphatic hydroxyl groups excluding tert-OH is 1. The minimum absolute atomic E-state index is 0.145. The van der Waals surface area contributed by atoms with Crippen LogP contribution in [0.15, 0.2) is 30.3 Å². The predicted molar refractivity (Wildman–Crippen MR) is 86.7 cm³/mol. The molecule has 0 atom stereocenters. The number of likely N-dealkylation sites (N-methyl/N-ethyl adjacent to an activating group) is 1. The number of benzene rings is 1. The van der Waals surface area contributed by atoms with Crippen LogP contribution in [0.5, 0.6) is 0 Å². The van der Waals surface area contributed by atoms with E-state index in [0.29, 0.717) is 23.5 Å². The molecule has 0 aliphatic rings. The summed E-state index contributed by atoms with van der Waals surface area (Å²) in [5.74, 6) is -1.20. The first-order chi connectivity index (χ1) is 11.0. The average Bonchev–Trinajstić information content (AvgIpc) is 2.86. The number of nitrogens with zero attached hydrogens (tertiary/aromatic N) is 3. The van der Waals surface area contributed by atoms with E-state index in [0.717, 1.165) is 5.69 Å². The molecule has 0 saturated heterocycles. The Balaban J connectivity index is 2.39. The third-order valence-electron chi connectivity index (χ3n) is 3.75. The lowest BCUT2D eigenvalue weighted by atomic mass is 10.1. The zero-order chi connectivity index (χ0) is 17.0. The third-order valence-corrected chi connectivity index (χ3v) is 3.75. The number of carbonyl (C=O) groups is 2. The van der Waals surface area contributed by atoms with E-state index in [1.807, 2.05) is 30.3 Å². The lowest BCUT2D eigenvalue weighted by molar-refractivity contribution is -0.126. The van der Waals surface area contributed by atoms with Gasteiger partial charge in [0.1, 0.15) is 0 Å². The molecule has 23 heavy (non-hydrogen) atoms. The second-order valence-electron chi connectivity index (χ2n) is 5.23. The van der Waals surface area contributed by atoms with Crippen LogP contribution in [0.1, 0.15) is 28.7 Å². The lowest BCUT2D eigenvalue weighted by Gasteiger charge is -2.18. The number of hydrogen-bond acceptors (Lipinski definition) is 4. The van der Waals surface area contributed by atoms with Crippen LogP contribution in [0.3, 0.4) is 0 Å². The van der Waals surface area contributed by atoms with Gasteiger partial charge in [0.15, 0.2) is 0 Å². The Bertz CT molecular complexity index is 707. The number of carbonyl (C=O) groups excluding carboxylic acids is 2. The molecule has 0 bridgehead atoms. The summed E-state index contributed by atoms with van der Waals surface area (Å²) in [6, 6.07) is 9.45. The minimum Gasteiger partial charge on any atom is -0.395 e. The highest BCUT2D eigenvalue weighted by Crippen LogP contribution is 2.19. The van der Waals surface area contributed by atoms with Crippen LogP contribution in [0.2, 0.25) is 0 Å². The summed E-state index contributed by atoms with van der Waals surface area (Å²) in [5, 5.41) is 13.4. The van der Waals surface area contributed by atoms with Crippen LogP contribution < -0.4 is 0 Å². The first-order valence-corrected chi connectivity index (χ1v) is 7.57. The number of para-hydroxylation sites is 1. The quantitative estimate of drug-likeness (QED) is 0.648. The highest BCUT2D eigenvalue weighted by molar-refractivity contribution is 6.43. The lowest BCUT2D eigenvalue weighted by Crippen LogP contribution is -2.38. The highest BCUT2D eigenvalue weighted by atomic mass is 16.3. The van der Waals surface area contributed by atoms with E-state index >= 15 is 0 Å². The fourth-order valence-electron chi connectivity index (χ4n) is 2.57. The van der Waals surface area contributed by atoms with Gasteiger partial charge in [-0.15, -0.1) is 0 Å². The molecule has 6 nitrogen and oxygen atoms in total. The Kier molecular flexibility index (Phi) is 5.28. The normalized spacial score (nSPS) is 10.6. The molecular weight excluding hydrogens is 294 g/mol. The van der Waals surface area contributed by atoms with E-state index in [2.05, 4.69) is 5.10 Å². The van der Waals surface area contributed by atoms with Crippen LogP contribution in [0.4, 0.5) is 0 Å². The molecule has 2 rings (SSSR count). The van der Waals surface area contributed by atoms with Crippen molar-refractivity contribution in [1.82, 2.24) is 14.7 Å². The van der Waals surface area contributed by atoms with Crippen molar-refractivity contribution in [2.24, 2.45) is 0 Å². The Labute approximate surface area is 135 Å². The van der Waals surface area contributed by atoms with Gasteiger partial charge in [0.25, 0.3) is 11.7 Å². The summed E-state index contributed by atoms with van der Waals surface area (Å²) < 4.78 is 1.66. The Morgan fingerprint density at radius 2 is 1.87 bits per heavy atom. The summed E-state index contributed by atoms with van der Waals surface area (Å²) >= 11 is 0. The maximum absolute atomic E-state index is 12.6. The van der Waals surface area contributed by atoms with Gasteiger partial charge in [-0.25, -0.2) is 4.68 Å². The van der Waals surface area contributed by atoms with Crippen LogP contribution in [-0.2, 0) is 4.79 Å². The average molecular weight is 315 g/mol. The highest BCUT2D eigenvalue weighted by Gasteiger charge is 2.28. The molecule has 1 amide bonds. The molecule has 6 heteroatoms. The molecule has 0 spiro atoms. The first-order valence-electron chi connectivity index (χ1n) is 7.57. The monoisotopic (exact) mass is 315 g/mol. The van der Waals surface area contributed by atoms with E-state index in [1.165, 1.54) is 4.90 Å². The van der Waals surface area contributed by atoms with Crippen molar-refractivity contribution in [1.29, 1.82) is 0 Å². The molecule has 0 fully saturated rings. The zero-order valence-electron chi connectivity index (χ0n) is 13.6. The Morgan fingerprint density at radius 1 is 1.22 bits per heavy atom. The van der Waals surface area contributed by atoms with Crippen molar-refractivity contribution in [3.05, 3.63) is 47.3 Å². The molecule has 1 aromatic carbocycles. The Morgan fingerprint density at radius 3 is 2.43 bits per heavy atom. The molecule has 1 heterocycles. The van der Waals surface area contributed by atoms with Gasteiger partial charge in [0.2, 0.25) is 0 Å². The summed E-state index contributed by atoms with van der Waals surface area (Å²) in [6.07, 6.45) is 0. The summed E-state index contributed by atoms with van der Waals surface area (Å²) in [6.45, 7) is 5.61. The minimum atomic E-state index is -0.611. The standard InChI is InChI=1S/C17H21N3O3/c1-4-19(10-11-21)17(23)16(22)15-12(2)18-20(13(15)3)14-8-6-5-7-9-14/h5-9,21H,4,10-11H2,1-3H3. The molecule has 1 N–H and O–H groups in total. The molecule has 0 unspecified atom stereocenters. The van der Waals surface area contributed by atoms with E-state index in [9.17, 15) is 9.59 Å². The SMILES string of the molecule is CCN(CCO)C(=O)C(=O)c1c(C)nn(-c2ccccc2)c1C. The maximum atomic E-state index is 12.6. The maximum Gasteiger partial charge on any atom is 0.295 e. The number of aliphatic hydroxyl groups is 1. The second kappa shape index (κ2) is 7.19. The smallest absolute Gasteiger partial charge is 0.295 e. The number of aromatic nitrogens is 2. The number of hydrogen-bond donors (Lipinski definition) is 1. The number of aryl methyl sites for hydroxylation is 1. The molecule has 2 aromatic rings. The van der Waals surface area contributed by atoms with Crippen molar-refractivity contribution in [2.45, 2.75) is 20.8 Å². The summed E-state index contributed by atoms with van der Waals surface area (Å²) in [7, 11) is 0. The second-order valence-corrected chi connectivity index (χ2v) is 5.23. The van der Waals surface area contributed by atoms with Gasteiger partial charge in [-0.1, -0.05) is 18.2 Å². The molecule has 1 aromatic heterocycles. The summed E-state index contributed by atoms with van der Waals surface area (Å²) in [4.78, 5) is 26.3. The van der Waals surface area contributed by atoms with Crippen LogP contribution in [0.25, 0.3) is 5.69 Å². The number of ketones is 1. The first kappa shape index (κ1) is 16.9. The van der Waals surface area contributed by atoms with Crippen molar-refractivity contribution >= 4 is 11.7 Å². The molecule has 0 aliphatic carbocycles. The number of rotatable bonds is 6. The van der Waals surface area contributed by atoms with Crippen molar-refractivity contribution in [3.8, 4) is 5.69 Å². The van der Waals surface area contributed by atoms with Crippen molar-refractivity contribution in [2.75, 3.05) is 19.7 Å². The summed E-state index contributed by atoms with van der Waals surface area (Å²) in [5.41, 5.74) is 2.31. The third kappa shape index (κ3) is 3.32. The van der Waals surface area contributed by atoms with Gasteiger partial charge >= 0.3 is 0 Å². The van der Waals surface area contributed by atoms with E-state index < -0.39 is 11.7 Å². The van der Waals surface area contributed by atoms with Gasteiger partial charge in [-0.3, -0.25) is 9.59 Å². The van der Waals surface area contributed by atoms with Crippen LogP contribution in [-0.4, -0.2) is 51.2 Å². The Hall–Kier alpha value is -2.47. The molecule has 0 aliphatic heterocycles. The van der Waals surface area contributed by atoms with E-state index in [-0.39, 0.29) is 13.2 Å². The van der Waals surface area contributed by atoms with Gasteiger partial charge in [-0.2, -0.15) is 5.10 Å². The predicted octanol–water partition coefficient (Wildman–Crippen LogP) is 1.51. The van der Waals surface area contributed by atoms with Crippen molar-refractivity contribution < 1.29 is 14.7 Å². The molecule has 0 radical (unpaired) electrons. The van der Waals surface area contributed by atoms with Crippen LogP contribution in [0, 0.1) is 13.8 Å². The fraction of sp³-hybridized carbons (Fsp3) is 0.353. The van der Waals surface area contributed by atoms with Gasteiger partial charge in [0.05, 0.1) is 29.2 Å². The topological polar surface area (TPSA) is 75.4 Å². The molecule has 0 saturated carbocycles. The van der Waals surface area contributed by atoms with Gasteiger partial charge in [-0.05, 0) is 32.9 Å². The largest absolute Gasteiger partial charge is 0.395 e. The van der Waals surface area contributed by atoms with Crippen LogP contribution >= 0.6 is 0 Å². The molecular formula is C17H21N3O3. The number of Topliss-reactive ketones (excluding diaryl/α,β-unsaturated/α-hetero) is 1.